The van der Waals surface area contributed by atoms with Gasteiger partial charge in [-0.1, -0.05) is 50.6 Å². The normalized spacial score (nSPS) is 18.5. The maximum absolute atomic E-state index is 13.4. The average molecular weight is 424 g/mol. The number of amides is 2. The third kappa shape index (κ3) is 5.78. The quantitative estimate of drug-likeness (QED) is 0.531. The van der Waals surface area contributed by atoms with Crippen LogP contribution in [0, 0.1) is 5.92 Å². The number of aromatic nitrogens is 1. The van der Waals surface area contributed by atoms with E-state index in [0.717, 1.165) is 37.9 Å². The van der Waals surface area contributed by atoms with Gasteiger partial charge in [-0.25, -0.2) is 0 Å². The van der Waals surface area contributed by atoms with Gasteiger partial charge in [-0.15, -0.1) is 0 Å². The second-order valence-electron chi connectivity index (χ2n) is 8.86. The van der Waals surface area contributed by atoms with Gasteiger partial charge in [0.1, 0.15) is 6.54 Å². The Morgan fingerprint density at radius 1 is 1.13 bits per heavy atom. The molecule has 1 heterocycles. The molecule has 1 saturated carbocycles. The number of hydrogen-bond donors (Lipinski definition) is 0. The molecule has 2 amide bonds. The van der Waals surface area contributed by atoms with Gasteiger partial charge in [0.2, 0.25) is 11.8 Å². The molecule has 168 valence electrons. The maximum Gasteiger partial charge on any atom is 0.242 e. The fraction of sp³-hybridized carbons (Fsp3) is 0.538. The van der Waals surface area contributed by atoms with Crippen molar-refractivity contribution >= 4 is 11.8 Å². The van der Waals surface area contributed by atoms with E-state index in [2.05, 4.69) is 43.5 Å². The first-order chi connectivity index (χ1) is 15.0. The standard InChI is InChI=1S/C26H37N3O2/c1-5-7-16-28(18-22-14-11-15-27(22)4)25(30)19-29(20(3)6-2)26(31)24-17-23(24)21-12-9-8-10-13-21/h8-15,20,23-24H,5-7,16-19H2,1-4H3. The molecule has 0 N–H and O–H groups in total. The van der Waals surface area contributed by atoms with E-state index in [0.29, 0.717) is 6.54 Å². The Kier molecular flexibility index (Phi) is 7.94. The molecular formula is C26H37N3O2. The van der Waals surface area contributed by atoms with E-state index in [1.165, 1.54) is 5.56 Å². The first kappa shape index (κ1) is 23.1. The lowest BCUT2D eigenvalue weighted by Gasteiger charge is -2.31. The second-order valence-corrected chi connectivity index (χ2v) is 8.86. The molecule has 0 saturated heterocycles. The molecule has 1 aromatic carbocycles. The molecule has 0 radical (unpaired) electrons. The number of benzene rings is 1. The van der Waals surface area contributed by atoms with E-state index in [1.54, 1.807) is 0 Å². The van der Waals surface area contributed by atoms with Gasteiger partial charge in [-0.2, -0.15) is 0 Å². The van der Waals surface area contributed by atoms with Gasteiger partial charge < -0.3 is 14.4 Å². The Labute approximate surface area is 187 Å². The Bertz CT molecular complexity index is 861. The second kappa shape index (κ2) is 10.7. The predicted octanol–water partition coefficient (Wildman–Crippen LogP) is 4.58. The fourth-order valence-electron chi connectivity index (χ4n) is 4.16. The van der Waals surface area contributed by atoms with Crippen molar-refractivity contribution in [2.24, 2.45) is 13.0 Å². The molecule has 0 bridgehead atoms. The summed E-state index contributed by atoms with van der Waals surface area (Å²) in [5.41, 5.74) is 2.33. The number of unbranched alkanes of at least 4 members (excludes halogenated alkanes) is 1. The Balaban J connectivity index is 1.70. The van der Waals surface area contributed by atoms with Crippen molar-refractivity contribution in [2.45, 2.75) is 65.0 Å². The molecule has 3 atom stereocenters. The van der Waals surface area contributed by atoms with Crippen LogP contribution in [0.25, 0.3) is 0 Å². The topological polar surface area (TPSA) is 45.6 Å². The van der Waals surface area contributed by atoms with E-state index >= 15 is 0 Å². The third-order valence-electron chi connectivity index (χ3n) is 6.59. The highest BCUT2D eigenvalue weighted by atomic mass is 16.2. The molecule has 5 nitrogen and oxygen atoms in total. The summed E-state index contributed by atoms with van der Waals surface area (Å²) >= 11 is 0. The number of nitrogens with zero attached hydrogens (tertiary/aromatic N) is 3. The van der Waals surface area contributed by atoms with Crippen molar-refractivity contribution in [3.63, 3.8) is 0 Å². The van der Waals surface area contributed by atoms with Crippen molar-refractivity contribution in [3.05, 3.63) is 59.9 Å². The number of aryl methyl sites for hydroxylation is 1. The summed E-state index contributed by atoms with van der Waals surface area (Å²) in [4.78, 5) is 30.5. The summed E-state index contributed by atoms with van der Waals surface area (Å²) < 4.78 is 2.05. The highest BCUT2D eigenvalue weighted by Gasteiger charge is 2.46. The Hall–Kier alpha value is -2.56. The lowest BCUT2D eigenvalue weighted by Crippen LogP contribution is -2.47. The van der Waals surface area contributed by atoms with Gasteiger partial charge in [-0.05, 0) is 49.8 Å². The van der Waals surface area contributed by atoms with Crippen LogP contribution in [0.3, 0.4) is 0 Å². The molecule has 1 aromatic heterocycles. The summed E-state index contributed by atoms with van der Waals surface area (Å²) in [6.07, 6.45) is 5.73. The fourth-order valence-corrected chi connectivity index (χ4v) is 4.16. The minimum atomic E-state index is 0.00108. The van der Waals surface area contributed by atoms with Crippen LogP contribution >= 0.6 is 0 Å². The van der Waals surface area contributed by atoms with E-state index in [9.17, 15) is 9.59 Å². The lowest BCUT2D eigenvalue weighted by molar-refractivity contribution is -0.143. The number of carbonyl (C=O) groups excluding carboxylic acids is 2. The zero-order valence-corrected chi connectivity index (χ0v) is 19.5. The number of hydrogen-bond acceptors (Lipinski definition) is 2. The smallest absolute Gasteiger partial charge is 0.242 e. The molecule has 31 heavy (non-hydrogen) atoms. The number of rotatable bonds is 11. The minimum absolute atomic E-state index is 0.00108. The van der Waals surface area contributed by atoms with E-state index < -0.39 is 0 Å². The van der Waals surface area contributed by atoms with Gasteiger partial charge in [-0.3, -0.25) is 9.59 Å². The summed E-state index contributed by atoms with van der Waals surface area (Å²) in [7, 11) is 2.00. The summed E-state index contributed by atoms with van der Waals surface area (Å²) in [6, 6.07) is 14.4. The van der Waals surface area contributed by atoms with Crippen molar-refractivity contribution in [1.29, 1.82) is 0 Å². The van der Waals surface area contributed by atoms with Crippen molar-refractivity contribution in [3.8, 4) is 0 Å². The Morgan fingerprint density at radius 2 is 1.87 bits per heavy atom. The van der Waals surface area contributed by atoms with Crippen molar-refractivity contribution < 1.29 is 9.59 Å². The molecule has 0 spiro atoms. The highest BCUT2D eigenvalue weighted by Crippen LogP contribution is 2.48. The molecule has 1 aliphatic carbocycles. The van der Waals surface area contributed by atoms with Crippen LogP contribution < -0.4 is 0 Å². The maximum atomic E-state index is 13.4. The molecule has 1 fully saturated rings. The van der Waals surface area contributed by atoms with Gasteiger partial charge in [0, 0.05) is 37.4 Å². The van der Waals surface area contributed by atoms with Gasteiger partial charge in [0.25, 0.3) is 0 Å². The summed E-state index contributed by atoms with van der Waals surface area (Å²) in [5.74, 6) is 0.460. The zero-order valence-electron chi connectivity index (χ0n) is 19.5. The van der Waals surface area contributed by atoms with Crippen molar-refractivity contribution in [1.82, 2.24) is 14.4 Å². The Morgan fingerprint density at radius 3 is 2.48 bits per heavy atom. The molecule has 2 aromatic rings. The van der Waals surface area contributed by atoms with Crippen LogP contribution in [0.2, 0.25) is 0 Å². The van der Waals surface area contributed by atoms with Crippen LogP contribution in [0.4, 0.5) is 0 Å². The highest BCUT2D eigenvalue weighted by molar-refractivity contribution is 5.88. The molecule has 1 aliphatic rings. The van der Waals surface area contributed by atoms with E-state index in [-0.39, 0.29) is 36.2 Å². The largest absolute Gasteiger partial charge is 0.353 e. The van der Waals surface area contributed by atoms with Crippen LogP contribution in [0.5, 0.6) is 0 Å². The van der Waals surface area contributed by atoms with Crippen LogP contribution in [0.1, 0.15) is 63.6 Å². The third-order valence-corrected chi connectivity index (χ3v) is 6.59. The summed E-state index contributed by atoms with van der Waals surface area (Å²) in [6.45, 7) is 7.74. The predicted molar refractivity (Wildman–Crippen MR) is 124 cm³/mol. The number of carbonyl (C=O) groups is 2. The van der Waals surface area contributed by atoms with Gasteiger partial charge in [0.15, 0.2) is 0 Å². The first-order valence-corrected chi connectivity index (χ1v) is 11.7. The van der Waals surface area contributed by atoms with E-state index in [1.807, 2.05) is 47.3 Å². The van der Waals surface area contributed by atoms with Crippen LogP contribution in [0.15, 0.2) is 48.7 Å². The lowest BCUT2D eigenvalue weighted by atomic mass is 10.1. The monoisotopic (exact) mass is 423 g/mol. The first-order valence-electron chi connectivity index (χ1n) is 11.7. The van der Waals surface area contributed by atoms with Gasteiger partial charge >= 0.3 is 0 Å². The van der Waals surface area contributed by atoms with Crippen LogP contribution in [-0.4, -0.2) is 45.3 Å². The zero-order chi connectivity index (χ0) is 22.4. The molecule has 0 aliphatic heterocycles. The molecular weight excluding hydrogens is 386 g/mol. The molecule has 5 heteroatoms. The van der Waals surface area contributed by atoms with Crippen LogP contribution in [-0.2, 0) is 23.2 Å². The minimum Gasteiger partial charge on any atom is -0.353 e. The average Bonchev–Trinajstić information content (AvgIpc) is 3.50. The van der Waals surface area contributed by atoms with Gasteiger partial charge in [0.05, 0.1) is 6.54 Å². The SMILES string of the molecule is CCCCN(Cc1cccn1C)C(=O)CN(C(=O)C1CC1c1ccccc1)C(C)CC. The van der Waals surface area contributed by atoms with Crippen molar-refractivity contribution in [2.75, 3.05) is 13.1 Å². The van der Waals surface area contributed by atoms with E-state index in [4.69, 9.17) is 0 Å². The summed E-state index contributed by atoms with van der Waals surface area (Å²) in [5, 5.41) is 0. The molecule has 3 unspecified atom stereocenters. The molecule has 3 rings (SSSR count).